The summed E-state index contributed by atoms with van der Waals surface area (Å²) in [5, 5.41) is 0. The Labute approximate surface area is 142 Å². The molecule has 3 heterocycles. The number of piperidine rings is 1. The molecule has 4 rings (SSSR count). The van der Waals surface area contributed by atoms with Gasteiger partial charge in [-0.15, -0.1) is 0 Å². The molecular formula is C18H24N2O4. The lowest BCUT2D eigenvalue weighted by molar-refractivity contribution is -0.181. The van der Waals surface area contributed by atoms with E-state index in [1.807, 2.05) is 4.90 Å². The molecule has 0 N–H and O–H groups in total. The van der Waals surface area contributed by atoms with Crippen molar-refractivity contribution < 1.29 is 19.0 Å². The summed E-state index contributed by atoms with van der Waals surface area (Å²) in [4.78, 5) is 18.9. The molecule has 6 nitrogen and oxygen atoms in total. The van der Waals surface area contributed by atoms with Gasteiger partial charge >= 0.3 is 0 Å². The minimum Gasteiger partial charge on any atom is -0.474 e. The summed E-state index contributed by atoms with van der Waals surface area (Å²) in [6.07, 6.45) is 7.94. The molecule has 2 saturated heterocycles. The van der Waals surface area contributed by atoms with Gasteiger partial charge in [0, 0.05) is 43.8 Å². The van der Waals surface area contributed by atoms with Crippen molar-refractivity contribution >= 4 is 5.91 Å². The number of carbonyl (C=O) groups is 1. The van der Waals surface area contributed by atoms with Crippen LogP contribution in [0.3, 0.4) is 0 Å². The number of likely N-dealkylation sites (tertiary alicyclic amines) is 1. The van der Waals surface area contributed by atoms with Gasteiger partial charge in [0.25, 0.3) is 5.91 Å². The highest BCUT2D eigenvalue weighted by molar-refractivity contribution is 5.94. The van der Waals surface area contributed by atoms with Gasteiger partial charge in [-0.25, -0.2) is 4.98 Å². The third-order valence-electron chi connectivity index (χ3n) is 5.20. The van der Waals surface area contributed by atoms with Crippen molar-refractivity contribution in [3.05, 3.63) is 23.9 Å². The van der Waals surface area contributed by atoms with Crippen molar-refractivity contribution in [2.45, 2.75) is 50.4 Å². The first-order valence-electron chi connectivity index (χ1n) is 8.94. The van der Waals surface area contributed by atoms with Crippen molar-refractivity contribution in [2.24, 2.45) is 0 Å². The van der Waals surface area contributed by atoms with E-state index in [9.17, 15) is 4.79 Å². The normalized spacial score (nSPS) is 23.8. The molecule has 1 aliphatic carbocycles. The zero-order valence-corrected chi connectivity index (χ0v) is 13.9. The van der Waals surface area contributed by atoms with E-state index in [0.717, 1.165) is 25.7 Å². The summed E-state index contributed by atoms with van der Waals surface area (Å²) in [5.74, 6) is 0.136. The van der Waals surface area contributed by atoms with E-state index in [1.165, 1.54) is 12.8 Å². The van der Waals surface area contributed by atoms with Crippen LogP contribution in [-0.4, -0.2) is 54.0 Å². The van der Waals surface area contributed by atoms with Gasteiger partial charge in [0.2, 0.25) is 5.88 Å². The van der Waals surface area contributed by atoms with Crippen LogP contribution in [0.2, 0.25) is 0 Å². The van der Waals surface area contributed by atoms with Gasteiger partial charge in [0.15, 0.2) is 5.79 Å². The molecule has 6 heteroatoms. The molecule has 2 aliphatic heterocycles. The number of aromatic nitrogens is 1. The Morgan fingerprint density at radius 3 is 2.62 bits per heavy atom. The maximum atomic E-state index is 12.8. The van der Waals surface area contributed by atoms with Crippen LogP contribution in [0.25, 0.3) is 0 Å². The fourth-order valence-corrected chi connectivity index (χ4v) is 3.80. The molecule has 3 aliphatic rings. The first-order chi connectivity index (χ1) is 11.7. The van der Waals surface area contributed by atoms with Gasteiger partial charge in [0.05, 0.1) is 13.2 Å². The van der Waals surface area contributed by atoms with Crippen molar-refractivity contribution in [1.82, 2.24) is 9.88 Å². The number of hydrogen-bond donors (Lipinski definition) is 0. The van der Waals surface area contributed by atoms with Crippen molar-refractivity contribution in [1.29, 1.82) is 0 Å². The van der Waals surface area contributed by atoms with E-state index >= 15 is 0 Å². The molecule has 1 aromatic heterocycles. The second-order valence-electron chi connectivity index (χ2n) is 6.81. The highest BCUT2D eigenvalue weighted by atomic mass is 16.7. The van der Waals surface area contributed by atoms with Gasteiger partial charge in [0.1, 0.15) is 6.10 Å². The fourth-order valence-electron chi connectivity index (χ4n) is 3.80. The van der Waals surface area contributed by atoms with Crippen LogP contribution in [0.1, 0.15) is 48.9 Å². The summed E-state index contributed by atoms with van der Waals surface area (Å²) < 4.78 is 17.3. The number of nitrogens with zero attached hydrogens (tertiary/aromatic N) is 2. The molecule has 1 amide bonds. The second kappa shape index (κ2) is 6.69. The molecule has 24 heavy (non-hydrogen) atoms. The smallest absolute Gasteiger partial charge is 0.254 e. The third-order valence-corrected chi connectivity index (χ3v) is 5.20. The number of rotatable bonds is 3. The predicted octanol–water partition coefficient (Wildman–Crippen LogP) is 2.38. The van der Waals surface area contributed by atoms with Crippen LogP contribution in [0.15, 0.2) is 18.3 Å². The van der Waals surface area contributed by atoms with Gasteiger partial charge in [-0.05, 0) is 31.7 Å². The van der Waals surface area contributed by atoms with E-state index in [-0.39, 0.29) is 12.0 Å². The van der Waals surface area contributed by atoms with Crippen LogP contribution in [0, 0.1) is 0 Å². The topological polar surface area (TPSA) is 60.9 Å². The number of ether oxygens (including phenoxy) is 3. The van der Waals surface area contributed by atoms with E-state index in [1.54, 1.807) is 18.3 Å². The van der Waals surface area contributed by atoms with E-state index in [0.29, 0.717) is 37.7 Å². The number of hydrogen-bond acceptors (Lipinski definition) is 5. The number of pyridine rings is 1. The standard InChI is InChI=1S/C18H24N2O4/c21-17(20-9-6-18(7-10-20)22-11-12-23-18)14-5-8-19-16(13-14)24-15-3-1-2-4-15/h5,8,13,15H,1-4,6-7,9-12H2. The quantitative estimate of drug-likeness (QED) is 0.850. The van der Waals surface area contributed by atoms with Crippen LogP contribution in [-0.2, 0) is 9.47 Å². The molecule has 0 atom stereocenters. The Morgan fingerprint density at radius 1 is 1.21 bits per heavy atom. The lowest BCUT2D eigenvalue weighted by Crippen LogP contribution is -2.47. The van der Waals surface area contributed by atoms with E-state index in [2.05, 4.69) is 4.98 Å². The highest BCUT2D eigenvalue weighted by Crippen LogP contribution is 2.32. The first-order valence-corrected chi connectivity index (χ1v) is 8.94. The van der Waals surface area contributed by atoms with Gasteiger partial charge in [-0.3, -0.25) is 4.79 Å². The minimum absolute atomic E-state index is 0.0292. The second-order valence-corrected chi connectivity index (χ2v) is 6.81. The third kappa shape index (κ3) is 3.26. The summed E-state index contributed by atoms with van der Waals surface area (Å²) >= 11 is 0. The van der Waals surface area contributed by atoms with Crippen molar-refractivity contribution in [2.75, 3.05) is 26.3 Å². The summed E-state index contributed by atoms with van der Waals surface area (Å²) in [6.45, 7) is 2.61. The maximum Gasteiger partial charge on any atom is 0.254 e. The van der Waals surface area contributed by atoms with Crippen LogP contribution in [0.5, 0.6) is 5.88 Å². The zero-order valence-electron chi connectivity index (χ0n) is 13.9. The van der Waals surface area contributed by atoms with Crippen LogP contribution in [0.4, 0.5) is 0 Å². The van der Waals surface area contributed by atoms with E-state index < -0.39 is 5.79 Å². The molecule has 0 unspecified atom stereocenters. The fraction of sp³-hybridized carbons (Fsp3) is 0.667. The Kier molecular flexibility index (Phi) is 4.41. The monoisotopic (exact) mass is 332 g/mol. The Morgan fingerprint density at radius 2 is 1.92 bits per heavy atom. The molecule has 1 aromatic rings. The van der Waals surface area contributed by atoms with Gasteiger partial charge < -0.3 is 19.1 Å². The molecular weight excluding hydrogens is 308 g/mol. The first kappa shape index (κ1) is 15.8. The summed E-state index contributed by atoms with van der Waals surface area (Å²) in [7, 11) is 0. The van der Waals surface area contributed by atoms with Gasteiger partial charge in [-0.1, -0.05) is 0 Å². The van der Waals surface area contributed by atoms with Crippen molar-refractivity contribution in [3.8, 4) is 5.88 Å². The Bertz CT molecular complexity index is 584. The SMILES string of the molecule is O=C(c1ccnc(OC2CCCC2)c1)N1CCC2(CC1)OCCO2. The molecule has 1 spiro atoms. The molecule has 0 aromatic carbocycles. The molecule has 0 bridgehead atoms. The van der Waals surface area contributed by atoms with E-state index in [4.69, 9.17) is 14.2 Å². The zero-order chi connectivity index (χ0) is 16.4. The largest absolute Gasteiger partial charge is 0.474 e. The van der Waals surface area contributed by atoms with Crippen LogP contribution >= 0.6 is 0 Å². The lowest BCUT2D eigenvalue weighted by Gasteiger charge is -2.37. The van der Waals surface area contributed by atoms with Crippen molar-refractivity contribution in [3.63, 3.8) is 0 Å². The highest BCUT2D eigenvalue weighted by Gasteiger charge is 2.40. The summed E-state index contributed by atoms with van der Waals surface area (Å²) in [6, 6.07) is 3.53. The number of amides is 1. The average molecular weight is 332 g/mol. The average Bonchev–Trinajstić information content (AvgIpc) is 3.28. The predicted molar refractivity (Wildman–Crippen MR) is 86.9 cm³/mol. The van der Waals surface area contributed by atoms with Crippen LogP contribution < -0.4 is 4.74 Å². The molecule has 130 valence electrons. The minimum atomic E-state index is -0.453. The lowest BCUT2D eigenvalue weighted by atomic mass is 10.0. The summed E-state index contributed by atoms with van der Waals surface area (Å²) in [5.41, 5.74) is 0.641. The Hall–Kier alpha value is -1.66. The Balaban J connectivity index is 1.39. The van der Waals surface area contributed by atoms with Gasteiger partial charge in [-0.2, -0.15) is 0 Å². The number of carbonyl (C=O) groups excluding carboxylic acids is 1. The molecule has 3 fully saturated rings. The maximum absolute atomic E-state index is 12.8. The molecule has 1 saturated carbocycles. The molecule has 0 radical (unpaired) electrons.